The number of nitrogens with zero attached hydrogens (tertiary/aromatic N) is 2. The number of benzene rings is 1. The fourth-order valence-electron chi connectivity index (χ4n) is 3.07. The zero-order valence-electron chi connectivity index (χ0n) is 17.3. The van der Waals surface area contributed by atoms with Crippen LogP contribution < -0.4 is 15.5 Å². The first kappa shape index (κ1) is 21.9. The molecule has 1 heterocycles. The topological polar surface area (TPSA) is 59.9 Å². The van der Waals surface area contributed by atoms with Gasteiger partial charge in [0, 0.05) is 43.2 Å². The van der Waals surface area contributed by atoms with Crippen LogP contribution in [0.25, 0.3) is 0 Å². The average Bonchev–Trinajstić information content (AvgIpc) is 2.70. The number of thioether (sulfide) groups is 1. The molecule has 0 aliphatic carbocycles. The van der Waals surface area contributed by atoms with Crippen LogP contribution in [0.5, 0.6) is 0 Å². The Balaban J connectivity index is 1.90. The summed E-state index contributed by atoms with van der Waals surface area (Å²) >= 11 is 1.85. The van der Waals surface area contributed by atoms with E-state index in [0.717, 1.165) is 45.0 Å². The first-order chi connectivity index (χ1) is 13.0. The van der Waals surface area contributed by atoms with E-state index in [2.05, 4.69) is 66.8 Å². The van der Waals surface area contributed by atoms with Gasteiger partial charge in [0.15, 0.2) is 5.96 Å². The summed E-state index contributed by atoms with van der Waals surface area (Å²) in [5, 5.41) is 16.0. The molecule has 6 heteroatoms. The molecular weight excluding hydrogens is 356 g/mol. The number of piperidine rings is 1. The number of aliphatic hydroxyl groups excluding tert-OH is 1. The van der Waals surface area contributed by atoms with Gasteiger partial charge in [0.25, 0.3) is 0 Å². The lowest BCUT2D eigenvalue weighted by Gasteiger charge is -2.32. The van der Waals surface area contributed by atoms with E-state index in [-0.39, 0.29) is 4.75 Å². The number of hydrogen-bond acceptors (Lipinski definition) is 4. The lowest BCUT2D eigenvalue weighted by Crippen LogP contribution is -2.43. The number of hydrogen-bond donors (Lipinski definition) is 3. The van der Waals surface area contributed by atoms with Gasteiger partial charge in [-0.15, -0.1) is 0 Å². The molecule has 152 valence electrons. The number of aliphatic imine (C=N–C) groups is 1. The predicted octanol–water partition coefficient (Wildman–Crippen LogP) is 3.09. The Bertz CT molecular complexity index is 580. The van der Waals surface area contributed by atoms with Crippen LogP contribution in [0.4, 0.5) is 5.69 Å². The molecule has 0 spiro atoms. The fraction of sp³-hybridized carbons (Fsp3) is 0.667. The number of rotatable bonds is 8. The Morgan fingerprint density at radius 3 is 2.44 bits per heavy atom. The van der Waals surface area contributed by atoms with E-state index in [1.54, 1.807) is 0 Å². The van der Waals surface area contributed by atoms with Crippen LogP contribution in [-0.2, 0) is 6.54 Å². The molecule has 27 heavy (non-hydrogen) atoms. The molecule has 1 aromatic carbocycles. The van der Waals surface area contributed by atoms with E-state index in [9.17, 15) is 5.11 Å². The molecule has 1 fully saturated rings. The first-order valence-corrected chi connectivity index (χ1v) is 11.2. The van der Waals surface area contributed by atoms with Crippen molar-refractivity contribution in [2.24, 2.45) is 10.9 Å². The number of aliphatic hydroxyl groups is 1. The third-order valence-corrected chi connectivity index (χ3v) is 6.42. The summed E-state index contributed by atoms with van der Waals surface area (Å²) in [4.78, 5) is 7.14. The van der Waals surface area contributed by atoms with Crippen LogP contribution in [0.3, 0.4) is 0 Å². The van der Waals surface area contributed by atoms with Crippen LogP contribution in [0.2, 0.25) is 0 Å². The molecule has 1 aliphatic rings. The van der Waals surface area contributed by atoms with Crippen molar-refractivity contribution >= 4 is 23.4 Å². The van der Waals surface area contributed by atoms with Crippen molar-refractivity contribution in [1.29, 1.82) is 0 Å². The van der Waals surface area contributed by atoms with Gasteiger partial charge in [0.1, 0.15) is 0 Å². The summed E-state index contributed by atoms with van der Waals surface area (Å²) in [6.07, 6.45) is 4.29. The van der Waals surface area contributed by atoms with E-state index >= 15 is 0 Å². The summed E-state index contributed by atoms with van der Waals surface area (Å²) in [5.41, 5.74) is 2.48. The van der Waals surface area contributed by atoms with Gasteiger partial charge in [-0.3, -0.25) is 0 Å². The molecule has 0 aromatic heterocycles. The van der Waals surface area contributed by atoms with Gasteiger partial charge < -0.3 is 20.6 Å². The van der Waals surface area contributed by atoms with Crippen molar-refractivity contribution in [2.45, 2.75) is 44.9 Å². The third kappa shape index (κ3) is 7.26. The second-order valence-corrected chi connectivity index (χ2v) is 9.31. The highest BCUT2D eigenvalue weighted by atomic mass is 32.2. The minimum absolute atomic E-state index is 0.182. The molecule has 3 N–H and O–H groups in total. The highest BCUT2D eigenvalue weighted by Crippen LogP contribution is 2.23. The maximum Gasteiger partial charge on any atom is 0.191 e. The zero-order valence-corrected chi connectivity index (χ0v) is 18.1. The van der Waals surface area contributed by atoms with Gasteiger partial charge in [-0.1, -0.05) is 12.1 Å². The third-order valence-electron chi connectivity index (χ3n) is 5.17. The van der Waals surface area contributed by atoms with Crippen LogP contribution in [0.15, 0.2) is 29.3 Å². The molecule has 1 aliphatic heterocycles. The highest BCUT2D eigenvalue weighted by Gasteiger charge is 2.18. The van der Waals surface area contributed by atoms with E-state index in [1.165, 1.54) is 11.3 Å². The molecule has 2 rings (SSSR count). The van der Waals surface area contributed by atoms with Gasteiger partial charge in [-0.25, -0.2) is 4.99 Å². The Morgan fingerprint density at radius 2 is 1.89 bits per heavy atom. The lowest BCUT2D eigenvalue weighted by molar-refractivity contribution is 0.203. The number of guanidine groups is 1. The monoisotopic (exact) mass is 392 g/mol. The molecule has 1 saturated heterocycles. The lowest BCUT2D eigenvalue weighted by atomic mass is 9.97. The minimum Gasteiger partial charge on any atom is -0.396 e. The fourth-order valence-corrected chi connectivity index (χ4v) is 3.28. The zero-order chi connectivity index (χ0) is 19.7. The normalized spacial score (nSPS) is 16.5. The van der Waals surface area contributed by atoms with Crippen LogP contribution in [-0.4, -0.2) is 54.9 Å². The van der Waals surface area contributed by atoms with E-state index in [4.69, 9.17) is 4.99 Å². The maximum atomic E-state index is 9.28. The Labute approximate surface area is 169 Å². The predicted molar refractivity (Wildman–Crippen MR) is 119 cm³/mol. The van der Waals surface area contributed by atoms with Crippen molar-refractivity contribution in [1.82, 2.24) is 10.6 Å². The van der Waals surface area contributed by atoms with E-state index < -0.39 is 0 Å². The SMILES string of the molecule is CCNC(=NCc1ccc(N2CCC(CO)CC2)cc1)NCC(C)(C)SC. The van der Waals surface area contributed by atoms with Crippen molar-refractivity contribution < 1.29 is 5.11 Å². The van der Waals surface area contributed by atoms with Gasteiger partial charge in [0.2, 0.25) is 0 Å². The van der Waals surface area contributed by atoms with Crippen molar-refractivity contribution in [3.63, 3.8) is 0 Å². The molecular formula is C21H36N4OS. The van der Waals surface area contributed by atoms with Gasteiger partial charge in [0.05, 0.1) is 6.54 Å². The summed E-state index contributed by atoms with van der Waals surface area (Å²) in [5.74, 6) is 1.35. The molecule has 0 bridgehead atoms. The van der Waals surface area contributed by atoms with E-state index in [0.29, 0.717) is 19.1 Å². The van der Waals surface area contributed by atoms with Crippen LogP contribution in [0.1, 0.15) is 39.2 Å². The Kier molecular flexibility index (Phi) is 8.77. The molecule has 0 unspecified atom stereocenters. The molecule has 0 atom stereocenters. The molecule has 5 nitrogen and oxygen atoms in total. The van der Waals surface area contributed by atoms with E-state index in [1.807, 2.05) is 11.8 Å². The quantitative estimate of drug-likeness (QED) is 0.469. The minimum atomic E-state index is 0.182. The Morgan fingerprint density at radius 1 is 1.22 bits per heavy atom. The van der Waals surface area contributed by atoms with Crippen molar-refractivity contribution in [3.8, 4) is 0 Å². The Hall–Kier alpha value is -1.40. The molecule has 1 aromatic rings. The maximum absolute atomic E-state index is 9.28. The largest absolute Gasteiger partial charge is 0.396 e. The standard InChI is InChI=1S/C21H36N4OS/c1-5-22-20(24-16-21(2,3)27-4)23-14-17-6-8-19(9-7-17)25-12-10-18(15-26)11-13-25/h6-9,18,26H,5,10-16H2,1-4H3,(H2,22,23,24). The van der Waals surface area contributed by atoms with Crippen LogP contribution >= 0.6 is 11.8 Å². The summed E-state index contributed by atoms with van der Waals surface area (Å²) < 4.78 is 0.182. The molecule has 0 radical (unpaired) electrons. The summed E-state index contributed by atoms with van der Waals surface area (Å²) in [6, 6.07) is 8.74. The van der Waals surface area contributed by atoms with Crippen LogP contribution in [0, 0.1) is 5.92 Å². The highest BCUT2D eigenvalue weighted by molar-refractivity contribution is 7.99. The second-order valence-electron chi connectivity index (χ2n) is 7.79. The van der Waals surface area contributed by atoms with Gasteiger partial charge in [-0.05, 0) is 63.5 Å². The summed E-state index contributed by atoms with van der Waals surface area (Å²) in [6.45, 7) is 11.3. The average molecular weight is 393 g/mol. The summed E-state index contributed by atoms with van der Waals surface area (Å²) in [7, 11) is 0. The number of nitrogens with one attached hydrogen (secondary N) is 2. The number of anilines is 1. The smallest absolute Gasteiger partial charge is 0.191 e. The second kappa shape index (κ2) is 10.8. The molecule has 0 amide bonds. The van der Waals surface area contributed by atoms with Crippen molar-refractivity contribution in [3.05, 3.63) is 29.8 Å². The van der Waals surface area contributed by atoms with Gasteiger partial charge >= 0.3 is 0 Å². The van der Waals surface area contributed by atoms with Gasteiger partial charge in [-0.2, -0.15) is 11.8 Å². The molecule has 0 saturated carbocycles. The van der Waals surface area contributed by atoms with Crippen molar-refractivity contribution in [2.75, 3.05) is 43.9 Å². The first-order valence-electron chi connectivity index (χ1n) is 9.99.